The van der Waals surface area contributed by atoms with E-state index in [0.717, 1.165) is 5.56 Å². The summed E-state index contributed by atoms with van der Waals surface area (Å²) in [5, 5.41) is 18.4. The molecule has 2 unspecified atom stereocenters. The van der Waals surface area contributed by atoms with Gasteiger partial charge in [-0.15, -0.1) is 0 Å². The highest BCUT2D eigenvalue weighted by Crippen LogP contribution is 2.41. The summed E-state index contributed by atoms with van der Waals surface area (Å²) in [5.74, 6) is -2.96. The molecule has 0 saturated heterocycles. The van der Waals surface area contributed by atoms with E-state index in [0.29, 0.717) is 6.42 Å². The standard InChI is InChI=1S/C16H22O4/c1-11(2)16(3,10-12-7-5-4-6-8-12)13(15(19)20)9-14(17)18/h4-8,11,13H,9-10H2,1-3H3,(H,17,18)(H,19,20). The highest BCUT2D eigenvalue weighted by atomic mass is 16.4. The zero-order chi connectivity index (χ0) is 15.3. The van der Waals surface area contributed by atoms with Crippen LogP contribution in [0.2, 0.25) is 0 Å². The first-order valence-electron chi connectivity index (χ1n) is 6.76. The van der Waals surface area contributed by atoms with Crippen molar-refractivity contribution in [1.82, 2.24) is 0 Å². The van der Waals surface area contributed by atoms with E-state index in [1.807, 2.05) is 51.1 Å². The van der Waals surface area contributed by atoms with Crippen molar-refractivity contribution in [1.29, 1.82) is 0 Å². The zero-order valence-electron chi connectivity index (χ0n) is 12.2. The summed E-state index contributed by atoms with van der Waals surface area (Å²) in [6.45, 7) is 5.76. The number of carboxylic acid groups (broad SMARTS) is 2. The first-order chi connectivity index (χ1) is 9.27. The first kappa shape index (κ1) is 16.2. The summed E-state index contributed by atoms with van der Waals surface area (Å²) in [6, 6.07) is 9.61. The van der Waals surface area contributed by atoms with Gasteiger partial charge < -0.3 is 10.2 Å². The minimum absolute atomic E-state index is 0.0585. The van der Waals surface area contributed by atoms with Gasteiger partial charge in [0.25, 0.3) is 0 Å². The normalized spacial score (nSPS) is 15.6. The molecular weight excluding hydrogens is 256 g/mol. The molecule has 0 saturated carbocycles. The van der Waals surface area contributed by atoms with Gasteiger partial charge in [0.2, 0.25) is 0 Å². The molecule has 0 heterocycles. The molecule has 0 aromatic heterocycles. The lowest BCUT2D eigenvalue weighted by Crippen LogP contribution is -2.41. The summed E-state index contributed by atoms with van der Waals surface area (Å²) in [5.41, 5.74) is 0.423. The molecule has 0 spiro atoms. The Hall–Kier alpha value is -1.84. The maximum absolute atomic E-state index is 11.5. The third-order valence-corrected chi connectivity index (χ3v) is 4.22. The van der Waals surface area contributed by atoms with Crippen molar-refractivity contribution in [2.45, 2.75) is 33.6 Å². The Balaban J connectivity index is 3.11. The number of aliphatic carboxylic acids is 2. The molecule has 1 aromatic rings. The maximum Gasteiger partial charge on any atom is 0.307 e. The van der Waals surface area contributed by atoms with Gasteiger partial charge in [-0.1, -0.05) is 51.1 Å². The van der Waals surface area contributed by atoms with Crippen LogP contribution in [0.3, 0.4) is 0 Å². The molecule has 1 aromatic carbocycles. The number of benzene rings is 1. The van der Waals surface area contributed by atoms with E-state index in [2.05, 4.69) is 0 Å². The Morgan fingerprint density at radius 1 is 1.15 bits per heavy atom. The SMILES string of the molecule is CC(C)C(C)(Cc1ccccc1)C(CC(=O)O)C(=O)O. The molecule has 0 aliphatic rings. The highest BCUT2D eigenvalue weighted by Gasteiger charge is 2.42. The molecule has 110 valence electrons. The largest absolute Gasteiger partial charge is 0.481 e. The highest BCUT2D eigenvalue weighted by molar-refractivity contribution is 5.78. The van der Waals surface area contributed by atoms with Crippen molar-refractivity contribution in [3.8, 4) is 0 Å². The Kier molecular flexibility index (Phi) is 5.31. The van der Waals surface area contributed by atoms with E-state index in [-0.39, 0.29) is 12.3 Å². The van der Waals surface area contributed by atoms with Crippen LogP contribution in [0.4, 0.5) is 0 Å². The molecule has 4 nitrogen and oxygen atoms in total. The van der Waals surface area contributed by atoms with Gasteiger partial charge in [0.05, 0.1) is 12.3 Å². The van der Waals surface area contributed by atoms with Crippen LogP contribution in [0.5, 0.6) is 0 Å². The van der Waals surface area contributed by atoms with Gasteiger partial charge in [-0.3, -0.25) is 9.59 Å². The fourth-order valence-corrected chi connectivity index (χ4v) is 2.54. The van der Waals surface area contributed by atoms with E-state index >= 15 is 0 Å². The average Bonchev–Trinajstić information content (AvgIpc) is 2.36. The average molecular weight is 278 g/mol. The monoisotopic (exact) mass is 278 g/mol. The lowest BCUT2D eigenvalue weighted by molar-refractivity contribution is -0.154. The van der Waals surface area contributed by atoms with Crippen LogP contribution >= 0.6 is 0 Å². The third kappa shape index (κ3) is 3.83. The molecule has 0 amide bonds. The van der Waals surface area contributed by atoms with E-state index in [9.17, 15) is 14.7 Å². The summed E-state index contributed by atoms with van der Waals surface area (Å²) in [6.07, 6.45) is 0.201. The molecule has 1 rings (SSSR count). The predicted molar refractivity (Wildman–Crippen MR) is 76.5 cm³/mol. The van der Waals surface area contributed by atoms with Crippen molar-refractivity contribution >= 4 is 11.9 Å². The van der Waals surface area contributed by atoms with Crippen LogP contribution in [0, 0.1) is 17.3 Å². The number of hydrogen-bond acceptors (Lipinski definition) is 2. The van der Waals surface area contributed by atoms with Gasteiger partial charge in [-0.2, -0.15) is 0 Å². The van der Waals surface area contributed by atoms with Crippen LogP contribution in [0.15, 0.2) is 30.3 Å². The van der Waals surface area contributed by atoms with Crippen LogP contribution in [0.25, 0.3) is 0 Å². The number of carboxylic acids is 2. The molecule has 2 atom stereocenters. The van der Waals surface area contributed by atoms with Crippen LogP contribution in [0.1, 0.15) is 32.8 Å². The van der Waals surface area contributed by atoms with Crippen molar-refractivity contribution in [2.24, 2.45) is 17.3 Å². The molecule has 0 aliphatic heterocycles. The van der Waals surface area contributed by atoms with Gasteiger partial charge in [0.1, 0.15) is 0 Å². The molecule has 2 N–H and O–H groups in total. The summed E-state index contributed by atoms with van der Waals surface area (Å²) in [4.78, 5) is 22.5. The summed E-state index contributed by atoms with van der Waals surface area (Å²) >= 11 is 0. The van der Waals surface area contributed by atoms with Gasteiger partial charge in [0, 0.05) is 0 Å². The molecule has 0 aliphatic carbocycles. The third-order valence-electron chi connectivity index (χ3n) is 4.22. The quantitative estimate of drug-likeness (QED) is 0.803. The van der Waals surface area contributed by atoms with E-state index < -0.39 is 23.3 Å². The van der Waals surface area contributed by atoms with E-state index in [1.54, 1.807) is 0 Å². The Morgan fingerprint density at radius 3 is 2.10 bits per heavy atom. The fourth-order valence-electron chi connectivity index (χ4n) is 2.54. The fraction of sp³-hybridized carbons (Fsp3) is 0.500. The van der Waals surface area contributed by atoms with Crippen molar-refractivity contribution in [2.75, 3.05) is 0 Å². The topological polar surface area (TPSA) is 74.6 Å². The maximum atomic E-state index is 11.5. The van der Waals surface area contributed by atoms with Crippen molar-refractivity contribution in [3.05, 3.63) is 35.9 Å². The summed E-state index contributed by atoms with van der Waals surface area (Å²) < 4.78 is 0. The molecule has 0 radical (unpaired) electrons. The van der Waals surface area contributed by atoms with Crippen LogP contribution in [-0.2, 0) is 16.0 Å². The molecule has 0 bridgehead atoms. The molecule has 20 heavy (non-hydrogen) atoms. The van der Waals surface area contributed by atoms with Crippen molar-refractivity contribution in [3.63, 3.8) is 0 Å². The number of carbonyl (C=O) groups is 2. The second kappa shape index (κ2) is 6.55. The lowest BCUT2D eigenvalue weighted by atomic mass is 9.64. The van der Waals surface area contributed by atoms with Crippen LogP contribution in [-0.4, -0.2) is 22.2 Å². The number of hydrogen-bond donors (Lipinski definition) is 2. The smallest absolute Gasteiger partial charge is 0.307 e. The Bertz CT molecular complexity index is 467. The minimum Gasteiger partial charge on any atom is -0.481 e. The molecule has 0 fully saturated rings. The van der Waals surface area contributed by atoms with Crippen LogP contribution < -0.4 is 0 Å². The summed E-state index contributed by atoms with van der Waals surface area (Å²) in [7, 11) is 0. The van der Waals surface area contributed by atoms with Gasteiger partial charge in [0.15, 0.2) is 0 Å². The second-order valence-corrected chi connectivity index (χ2v) is 5.81. The van der Waals surface area contributed by atoms with Gasteiger partial charge in [-0.05, 0) is 23.3 Å². The van der Waals surface area contributed by atoms with Gasteiger partial charge >= 0.3 is 11.9 Å². The predicted octanol–water partition coefficient (Wildman–Crippen LogP) is 3.07. The zero-order valence-corrected chi connectivity index (χ0v) is 12.2. The molecule has 4 heteroatoms. The van der Waals surface area contributed by atoms with E-state index in [4.69, 9.17) is 5.11 Å². The second-order valence-electron chi connectivity index (χ2n) is 5.81. The Labute approximate surface area is 119 Å². The number of rotatable bonds is 7. The van der Waals surface area contributed by atoms with Crippen molar-refractivity contribution < 1.29 is 19.8 Å². The van der Waals surface area contributed by atoms with Gasteiger partial charge in [-0.25, -0.2) is 0 Å². The Morgan fingerprint density at radius 2 is 1.70 bits per heavy atom. The minimum atomic E-state index is -1.07. The molecular formula is C16H22O4. The first-order valence-corrected chi connectivity index (χ1v) is 6.76. The lowest BCUT2D eigenvalue weighted by Gasteiger charge is -2.38. The van der Waals surface area contributed by atoms with E-state index in [1.165, 1.54) is 0 Å².